The van der Waals surface area contributed by atoms with E-state index in [4.69, 9.17) is 9.98 Å². The number of carbonyl (C=O) groups is 2. The quantitative estimate of drug-likeness (QED) is 0.511. The van der Waals surface area contributed by atoms with Gasteiger partial charge in [0, 0.05) is 22.6 Å². The molecule has 2 amide bonds. The van der Waals surface area contributed by atoms with Crippen molar-refractivity contribution >= 4 is 51.6 Å². The highest BCUT2D eigenvalue weighted by atomic mass is 32.2. The summed E-state index contributed by atoms with van der Waals surface area (Å²) in [5, 5.41) is 5.37. The van der Waals surface area contributed by atoms with E-state index in [-0.39, 0.29) is 24.1 Å². The van der Waals surface area contributed by atoms with Gasteiger partial charge in [-0.3, -0.25) is 14.6 Å². The van der Waals surface area contributed by atoms with Gasteiger partial charge in [-0.05, 0) is 47.7 Å². The molecule has 9 heteroatoms. The van der Waals surface area contributed by atoms with Crippen LogP contribution in [0.5, 0.6) is 0 Å². The van der Waals surface area contributed by atoms with Gasteiger partial charge in [-0.15, -0.1) is 11.3 Å². The summed E-state index contributed by atoms with van der Waals surface area (Å²) in [4.78, 5) is 37.6. The Balaban J connectivity index is 1.30. The second-order valence-corrected chi connectivity index (χ2v) is 9.84. The van der Waals surface area contributed by atoms with Gasteiger partial charge in [0.05, 0.1) is 12.2 Å². The van der Waals surface area contributed by atoms with E-state index < -0.39 is 6.04 Å². The first-order valence-electron chi connectivity index (χ1n) is 10.8. The van der Waals surface area contributed by atoms with Crippen LogP contribution in [0.15, 0.2) is 76.0 Å². The largest absolute Gasteiger partial charge is 0.351 e. The van der Waals surface area contributed by atoms with Crippen LogP contribution < -0.4 is 5.32 Å². The van der Waals surface area contributed by atoms with Gasteiger partial charge in [0.1, 0.15) is 17.7 Å². The maximum Gasteiger partial charge on any atom is 0.259 e. The van der Waals surface area contributed by atoms with Gasteiger partial charge in [-0.25, -0.2) is 14.3 Å². The average Bonchev–Trinajstić information content (AvgIpc) is 3.48. The maximum atomic E-state index is 13.6. The number of amidine groups is 2. The molecule has 3 aromatic rings. The van der Waals surface area contributed by atoms with Crippen molar-refractivity contribution in [2.24, 2.45) is 9.98 Å². The summed E-state index contributed by atoms with van der Waals surface area (Å²) in [5.74, 6) is 0.417. The van der Waals surface area contributed by atoms with Crippen LogP contribution in [0.3, 0.4) is 0 Å². The van der Waals surface area contributed by atoms with Crippen molar-refractivity contribution in [3.05, 3.63) is 87.9 Å². The lowest BCUT2D eigenvalue weighted by molar-refractivity contribution is -0.125. The van der Waals surface area contributed by atoms with Crippen LogP contribution in [0.2, 0.25) is 0 Å². The molecule has 0 bridgehead atoms. The minimum atomic E-state index is -0.645. The molecule has 1 N–H and O–H groups in total. The molecule has 0 radical (unpaired) electrons. The van der Waals surface area contributed by atoms with E-state index in [2.05, 4.69) is 5.32 Å². The van der Waals surface area contributed by atoms with E-state index >= 15 is 0 Å². The SMILES string of the molecule is O=C(CC[C@H]1N=C2c3ccccc3N=C(SCc3cccc(F)c3)N2C1=O)NCc1cccs1. The maximum absolute atomic E-state index is 13.6. The molecule has 3 heterocycles. The standard InChI is InChI=1S/C25H21FN4O2S2/c26-17-6-3-5-16(13-17)15-34-25-29-20-9-2-1-8-19(20)23-28-21(24(32)30(23)25)10-11-22(31)27-14-18-7-4-12-33-18/h1-9,12-13,21H,10-11,14-15H2,(H,27,31)/t21-/m1/s1. The van der Waals surface area contributed by atoms with Crippen LogP contribution in [-0.2, 0) is 21.9 Å². The average molecular weight is 493 g/mol. The predicted octanol–water partition coefficient (Wildman–Crippen LogP) is 4.88. The number of carbonyl (C=O) groups excluding carboxylic acids is 2. The fraction of sp³-hybridized carbons (Fsp3) is 0.200. The Hall–Kier alpha value is -3.30. The summed E-state index contributed by atoms with van der Waals surface area (Å²) >= 11 is 2.95. The molecule has 0 spiro atoms. The highest BCUT2D eigenvalue weighted by Crippen LogP contribution is 2.35. The van der Waals surface area contributed by atoms with E-state index in [1.54, 1.807) is 22.3 Å². The number of nitrogens with one attached hydrogen (secondary N) is 1. The lowest BCUT2D eigenvalue weighted by atomic mass is 10.1. The molecule has 1 aromatic heterocycles. The van der Waals surface area contributed by atoms with Crippen LogP contribution in [0, 0.1) is 5.82 Å². The summed E-state index contributed by atoms with van der Waals surface area (Å²) < 4.78 is 13.6. The molecule has 0 aliphatic carbocycles. The normalized spacial score (nSPS) is 16.6. The number of thiophene rings is 1. The van der Waals surface area contributed by atoms with Gasteiger partial charge in [0.25, 0.3) is 5.91 Å². The first-order valence-corrected chi connectivity index (χ1v) is 12.7. The van der Waals surface area contributed by atoms with Crippen LogP contribution in [0.1, 0.15) is 28.8 Å². The van der Waals surface area contributed by atoms with Gasteiger partial charge in [0.15, 0.2) is 5.17 Å². The highest BCUT2D eigenvalue weighted by Gasteiger charge is 2.41. The van der Waals surface area contributed by atoms with Crippen molar-refractivity contribution in [1.82, 2.24) is 10.2 Å². The Morgan fingerprint density at radius 2 is 2.03 bits per heavy atom. The zero-order valence-electron chi connectivity index (χ0n) is 18.1. The predicted molar refractivity (Wildman–Crippen MR) is 134 cm³/mol. The van der Waals surface area contributed by atoms with E-state index in [1.807, 2.05) is 47.8 Å². The van der Waals surface area contributed by atoms with Crippen molar-refractivity contribution in [3.8, 4) is 0 Å². The molecule has 172 valence electrons. The van der Waals surface area contributed by atoms with Crippen LogP contribution in [0.4, 0.5) is 10.1 Å². The molecular formula is C25H21FN4O2S2. The summed E-state index contributed by atoms with van der Waals surface area (Å²) in [5.41, 5.74) is 2.33. The lowest BCUT2D eigenvalue weighted by Crippen LogP contribution is -2.41. The van der Waals surface area contributed by atoms with Gasteiger partial charge >= 0.3 is 0 Å². The second kappa shape index (κ2) is 9.90. The van der Waals surface area contributed by atoms with E-state index in [0.29, 0.717) is 29.7 Å². The number of halogens is 1. The number of para-hydroxylation sites is 1. The van der Waals surface area contributed by atoms with Gasteiger partial charge < -0.3 is 5.32 Å². The zero-order valence-corrected chi connectivity index (χ0v) is 19.7. The number of nitrogens with zero attached hydrogens (tertiary/aromatic N) is 3. The van der Waals surface area contributed by atoms with Crippen molar-refractivity contribution in [2.75, 3.05) is 0 Å². The third-order valence-electron chi connectivity index (χ3n) is 5.49. The molecule has 0 fully saturated rings. The molecule has 2 aromatic carbocycles. The number of hydrogen-bond acceptors (Lipinski definition) is 6. The molecule has 0 saturated carbocycles. The molecule has 34 heavy (non-hydrogen) atoms. The first-order chi connectivity index (χ1) is 16.6. The fourth-order valence-corrected chi connectivity index (χ4v) is 5.40. The molecule has 0 saturated heterocycles. The number of benzene rings is 2. The molecule has 2 aliphatic heterocycles. The summed E-state index contributed by atoms with van der Waals surface area (Å²) in [7, 11) is 0. The van der Waals surface area contributed by atoms with Crippen molar-refractivity contribution < 1.29 is 14.0 Å². The lowest BCUT2D eigenvalue weighted by Gasteiger charge is -2.25. The molecule has 1 atom stereocenters. The number of thioether (sulfide) groups is 1. The first kappa shape index (κ1) is 22.5. The fourth-order valence-electron chi connectivity index (χ4n) is 3.82. The smallest absolute Gasteiger partial charge is 0.259 e. The second-order valence-electron chi connectivity index (χ2n) is 7.87. The van der Waals surface area contributed by atoms with Gasteiger partial charge in [0.2, 0.25) is 5.91 Å². The number of hydrogen-bond donors (Lipinski definition) is 1. The van der Waals surface area contributed by atoms with Crippen LogP contribution >= 0.6 is 23.1 Å². The Labute approximate surface area is 204 Å². The monoisotopic (exact) mass is 492 g/mol. The molecule has 0 unspecified atom stereocenters. The number of aliphatic imine (C=N–C) groups is 2. The van der Waals surface area contributed by atoms with E-state index in [0.717, 1.165) is 21.7 Å². The summed E-state index contributed by atoms with van der Waals surface area (Å²) in [6.07, 6.45) is 0.524. The van der Waals surface area contributed by atoms with Crippen molar-refractivity contribution in [2.45, 2.75) is 31.2 Å². The summed E-state index contributed by atoms with van der Waals surface area (Å²) in [6.45, 7) is 0.483. The molecular weight excluding hydrogens is 471 g/mol. The van der Waals surface area contributed by atoms with E-state index in [9.17, 15) is 14.0 Å². The topological polar surface area (TPSA) is 74.1 Å². The van der Waals surface area contributed by atoms with Crippen molar-refractivity contribution in [1.29, 1.82) is 0 Å². The van der Waals surface area contributed by atoms with E-state index in [1.165, 1.54) is 23.9 Å². The minimum absolute atomic E-state index is 0.110. The molecule has 5 rings (SSSR count). The number of fused-ring (bicyclic) bond motifs is 3. The Morgan fingerprint density at radius 3 is 2.85 bits per heavy atom. The van der Waals surface area contributed by atoms with Crippen LogP contribution in [0.25, 0.3) is 0 Å². The molecule has 2 aliphatic rings. The Bertz CT molecular complexity index is 1290. The van der Waals surface area contributed by atoms with Gasteiger partial charge in [-0.1, -0.05) is 42.1 Å². The third-order valence-corrected chi connectivity index (χ3v) is 7.38. The highest BCUT2D eigenvalue weighted by molar-refractivity contribution is 8.13. The van der Waals surface area contributed by atoms with Gasteiger partial charge in [-0.2, -0.15) is 0 Å². The number of rotatable bonds is 7. The number of amides is 2. The van der Waals surface area contributed by atoms with Crippen LogP contribution in [-0.4, -0.2) is 33.8 Å². The molecule has 6 nitrogen and oxygen atoms in total. The Kier molecular flexibility index (Phi) is 6.55. The Morgan fingerprint density at radius 1 is 1.15 bits per heavy atom. The zero-order chi connectivity index (χ0) is 23.5. The summed E-state index contributed by atoms with van der Waals surface area (Å²) in [6, 6.07) is 17.2. The van der Waals surface area contributed by atoms with Crippen molar-refractivity contribution in [3.63, 3.8) is 0 Å². The minimum Gasteiger partial charge on any atom is -0.351 e. The third kappa shape index (κ3) is 4.80.